The van der Waals surface area contributed by atoms with Crippen LogP contribution >= 0.6 is 12.2 Å². The van der Waals surface area contributed by atoms with Crippen molar-refractivity contribution >= 4 is 33.3 Å². The van der Waals surface area contributed by atoms with Crippen LogP contribution in [0.4, 0.5) is 0 Å². The SMILES string of the molecule is CNC(=S)NS(=O)(=O)c1cc(CCC(=O)NC2CCCCC2)ccc1OC. The van der Waals surface area contributed by atoms with Gasteiger partial charge in [0, 0.05) is 19.5 Å². The molecule has 9 heteroatoms. The highest BCUT2D eigenvalue weighted by molar-refractivity contribution is 7.92. The van der Waals surface area contributed by atoms with Crippen molar-refractivity contribution in [1.82, 2.24) is 15.4 Å². The molecule has 7 nitrogen and oxygen atoms in total. The minimum Gasteiger partial charge on any atom is -0.495 e. The Morgan fingerprint density at radius 1 is 1.26 bits per heavy atom. The fourth-order valence-corrected chi connectivity index (χ4v) is 4.63. The van der Waals surface area contributed by atoms with E-state index in [-0.39, 0.29) is 27.7 Å². The van der Waals surface area contributed by atoms with Crippen molar-refractivity contribution in [2.75, 3.05) is 14.2 Å². The largest absolute Gasteiger partial charge is 0.495 e. The second-order valence-electron chi connectivity index (χ2n) is 6.57. The van der Waals surface area contributed by atoms with Crippen molar-refractivity contribution in [3.63, 3.8) is 0 Å². The van der Waals surface area contributed by atoms with Gasteiger partial charge in [-0.3, -0.25) is 9.52 Å². The number of methoxy groups -OCH3 is 1. The Kier molecular flexibility index (Phi) is 7.85. The molecule has 0 unspecified atom stereocenters. The fraction of sp³-hybridized carbons (Fsp3) is 0.556. The molecule has 1 aliphatic carbocycles. The van der Waals surface area contributed by atoms with E-state index in [1.54, 1.807) is 12.1 Å². The molecule has 1 aliphatic rings. The van der Waals surface area contributed by atoms with Gasteiger partial charge in [0.25, 0.3) is 10.0 Å². The average Bonchev–Trinajstić information content (AvgIpc) is 2.66. The molecule has 27 heavy (non-hydrogen) atoms. The Hall–Kier alpha value is -1.87. The Bertz CT molecular complexity index is 775. The smallest absolute Gasteiger partial charge is 0.267 e. The van der Waals surface area contributed by atoms with Gasteiger partial charge in [-0.15, -0.1) is 0 Å². The normalized spacial score (nSPS) is 15.0. The number of hydrogen-bond acceptors (Lipinski definition) is 5. The van der Waals surface area contributed by atoms with Gasteiger partial charge in [-0.25, -0.2) is 8.42 Å². The fourth-order valence-electron chi connectivity index (χ4n) is 3.12. The first-order valence-corrected chi connectivity index (χ1v) is 11.0. The molecule has 0 bridgehead atoms. The summed E-state index contributed by atoms with van der Waals surface area (Å²) in [5.74, 6) is 0.216. The summed E-state index contributed by atoms with van der Waals surface area (Å²) < 4.78 is 32.5. The van der Waals surface area contributed by atoms with E-state index in [1.807, 2.05) is 0 Å². The number of amides is 1. The summed E-state index contributed by atoms with van der Waals surface area (Å²) in [6, 6.07) is 5.14. The van der Waals surface area contributed by atoms with Gasteiger partial charge >= 0.3 is 0 Å². The van der Waals surface area contributed by atoms with Crippen LogP contribution in [0.5, 0.6) is 5.75 Å². The molecule has 0 saturated heterocycles. The molecule has 0 aliphatic heterocycles. The van der Waals surface area contributed by atoms with Crippen molar-refractivity contribution in [2.45, 2.75) is 55.9 Å². The van der Waals surface area contributed by atoms with Crippen molar-refractivity contribution in [1.29, 1.82) is 0 Å². The Morgan fingerprint density at radius 3 is 2.59 bits per heavy atom. The predicted octanol–water partition coefficient (Wildman–Crippen LogP) is 1.86. The zero-order valence-corrected chi connectivity index (χ0v) is 17.3. The van der Waals surface area contributed by atoms with E-state index >= 15 is 0 Å². The summed E-state index contributed by atoms with van der Waals surface area (Å²) in [5, 5.41) is 5.63. The first-order chi connectivity index (χ1) is 12.9. The van der Waals surface area contributed by atoms with E-state index in [1.165, 1.54) is 26.6 Å². The molecule has 2 rings (SSSR count). The first kappa shape index (κ1) is 21.4. The minimum absolute atomic E-state index is 0.00314. The number of benzene rings is 1. The monoisotopic (exact) mass is 413 g/mol. The number of thiocarbonyl (C=S) groups is 1. The van der Waals surface area contributed by atoms with Gasteiger partial charge in [0.15, 0.2) is 5.11 Å². The van der Waals surface area contributed by atoms with Gasteiger partial charge in [-0.1, -0.05) is 25.3 Å². The number of carbonyl (C=O) groups is 1. The quantitative estimate of drug-likeness (QED) is 0.591. The molecule has 0 spiro atoms. The number of rotatable bonds is 7. The molecule has 1 saturated carbocycles. The molecule has 0 atom stereocenters. The van der Waals surface area contributed by atoms with Gasteiger partial charge in [0.05, 0.1) is 7.11 Å². The van der Waals surface area contributed by atoms with Crippen LogP contribution in [0.2, 0.25) is 0 Å². The van der Waals surface area contributed by atoms with Gasteiger partial charge in [-0.05, 0) is 49.2 Å². The molecule has 150 valence electrons. The number of ether oxygens (including phenoxy) is 1. The number of hydrogen-bond donors (Lipinski definition) is 3. The van der Waals surface area contributed by atoms with E-state index < -0.39 is 10.0 Å². The van der Waals surface area contributed by atoms with Crippen LogP contribution < -0.4 is 20.1 Å². The van der Waals surface area contributed by atoms with Gasteiger partial charge in [0.1, 0.15) is 10.6 Å². The third kappa shape index (κ3) is 6.35. The molecule has 0 aromatic heterocycles. The third-order valence-corrected chi connectivity index (χ3v) is 6.39. The zero-order valence-electron chi connectivity index (χ0n) is 15.7. The van der Waals surface area contributed by atoms with Crippen LogP contribution in [0.25, 0.3) is 0 Å². The van der Waals surface area contributed by atoms with Gasteiger partial charge in [-0.2, -0.15) is 0 Å². The highest BCUT2D eigenvalue weighted by Crippen LogP contribution is 2.25. The summed E-state index contributed by atoms with van der Waals surface area (Å²) in [7, 11) is -0.941. The van der Waals surface area contributed by atoms with Crippen molar-refractivity contribution < 1.29 is 17.9 Å². The maximum atomic E-state index is 12.5. The number of nitrogens with one attached hydrogen (secondary N) is 3. The van der Waals surface area contributed by atoms with Crippen molar-refractivity contribution in [2.24, 2.45) is 0 Å². The zero-order chi connectivity index (χ0) is 19.9. The van der Waals surface area contributed by atoms with Crippen LogP contribution in [0, 0.1) is 0 Å². The molecule has 1 amide bonds. The number of sulfonamides is 1. The lowest BCUT2D eigenvalue weighted by Crippen LogP contribution is -2.37. The standard InChI is InChI=1S/C18H27N3O4S2/c1-19-18(26)21-27(23,24)16-12-13(8-10-15(16)25-2)9-11-17(22)20-14-6-4-3-5-7-14/h8,10,12,14H,3-7,9,11H2,1-2H3,(H,20,22)(H2,19,21,26). The Morgan fingerprint density at radius 2 is 1.96 bits per heavy atom. The van der Waals surface area contributed by atoms with Crippen molar-refractivity contribution in [3.8, 4) is 5.75 Å². The lowest BCUT2D eigenvalue weighted by Gasteiger charge is -2.22. The molecule has 1 fully saturated rings. The van der Waals surface area contributed by atoms with Gasteiger partial charge in [0.2, 0.25) is 5.91 Å². The van der Waals surface area contributed by atoms with E-state index in [2.05, 4.69) is 15.4 Å². The average molecular weight is 414 g/mol. The minimum atomic E-state index is -3.88. The summed E-state index contributed by atoms with van der Waals surface area (Å²) in [6.07, 6.45) is 6.38. The number of aryl methyl sites for hydroxylation is 1. The summed E-state index contributed by atoms with van der Waals surface area (Å²) in [5.41, 5.74) is 0.741. The van der Waals surface area contributed by atoms with E-state index in [9.17, 15) is 13.2 Å². The number of carbonyl (C=O) groups excluding carboxylic acids is 1. The molecular formula is C18H27N3O4S2. The molecule has 3 N–H and O–H groups in total. The molecule has 0 radical (unpaired) electrons. The lowest BCUT2D eigenvalue weighted by atomic mass is 9.95. The maximum Gasteiger partial charge on any atom is 0.267 e. The first-order valence-electron chi connectivity index (χ1n) is 9.06. The molecule has 1 aromatic carbocycles. The topological polar surface area (TPSA) is 96.5 Å². The summed E-state index contributed by atoms with van der Waals surface area (Å²) in [4.78, 5) is 12.2. The second kappa shape index (κ2) is 9.89. The Balaban J connectivity index is 2.05. The summed E-state index contributed by atoms with van der Waals surface area (Å²) in [6.45, 7) is 0. The molecule has 1 aromatic rings. The van der Waals surface area contributed by atoms with E-state index in [0.717, 1.165) is 31.2 Å². The third-order valence-electron chi connectivity index (χ3n) is 4.58. The van der Waals surface area contributed by atoms with Crippen LogP contribution in [-0.2, 0) is 21.2 Å². The highest BCUT2D eigenvalue weighted by atomic mass is 32.2. The Labute approximate surface area is 166 Å². The summed E-state index contributed by atoms with van der Waals surface area (Å²) >= 11 is 4.88. The van der Waals surface area contributed by atoms with Crippen molar-refractivity contribution in [3.05, 3.63) is 23.8 Å². The maximum absolute atomic E-state index is 12.5. The van der Waals surface area contributed by atoms with Crippen LogP contribution in [0.3, 0.4) is 0 Å². The van der Waals surface area contributed by atoms with E-state index in [4.69, 9.17) is 17.0 Å². The van der Waals surface area contributed by atoms with Gasteiger partial charge < -0.3 is 15.4 Å². The molecular weight excluding hydrogens is 386 g/mol. The van der Waals surface area contributed by atoms with Crippen LogP contribution in [0.15, 0.2) is 23.1 Å². The predicted molar refractivity (Wildman–Crippen MR) is 108 cm³/mol. The van der Waals surface area contributed by atoms with Crippen LogP contribution in [0.1, 0.15) is 44.1 Å². The molecule has 0 heterocycles. The lowest BCUT2D eigenvalue weighted by molar-refractivity contribution is -0.121. The van der Waals surface area contributed by atoms with Crippen LogP contribution in [-0.4, -0.2) is 39.6 Å². The highest BCUT2D eigenvalue weighted by Gasteiger charge is 2.21. The second-order valence-corrected chi connectivity index (χ2v) is 8.63. The van der Waals surface area contributed by atoms with E-state index in [0.29, 0.717) is 12.8 Å².